The number of aliphatic hydroxyl groups excluding tert-OH is 1. The Morgan fingerprint density at radius 2 is 2.20 bits per heavy atom. The Morgan fingerprint density at radius 3 is 2.84 bits per heavy atom. The van der Waals surface area contributed by atoms with Crippen LogP contribution >= 0.6 is 0 Å². The molecule has 8 heteroatoms. The van der Waals surface area contributed by atoms with E-state index in [1.54, 1.807) is 19.9 Å². The SMILES string of the molecule is CC1C2OC(C)(C[C@@H]1O)C1C(=O)N(c3cnc(C#N)c(F)c3)C(=O)[C@@H]21. The van der Waals surface area contributed by atoms with Gasteiger partial charge in [-0.05, 0) is 6.92 Å². The number of carbonyl (C=O) groups is 2. The molecule has 25 heavy (non-hydrogen) atoms. The second-order valence-electron chi connectivity index (χ2n) is 7.18. The molecule has 1 N–H and O–H groups in total. The van der Waals surface area contributed by atoms with E-state index in [1.165, 1.54) is 0 Å². The molecule has 0 saturated carbocycles. The van der Waals surface area contributed by atoms with E-state index in [-0.39, 0.29) is 18.0 Å². The minimum atomic E-state index is -0.929. The van der Waals surface area contributed by atoms with E-state index in [1.807, 2.05) is 0 Å². The fraction of sp³-hybridized carbons (Fsp3) is 0.529. The number of hydrogen-bond acceptors (Lipinski definition) is 6. The first-order valence-corrected chi connectivity index (χ1v) is 8.08. The number of fused-ring (bicyclic) bond motifs is 5. The molecule has 0 spiro atoms. The van der Waals surface area contributed by atoms with Crippen LogP contribution in [0.25, 0.3) is 0 Å². The van der Waals surface area contributed by atoms with Crippen LogP contribution < -0.4 is 4.90 Å². The van der Waals surface area contributed by atoms with E-state index in [0.29, 0.717) is 0 Å². The maximum absolute atomic E-state index is 13.9. The highest BCUT2D eigenvalue weighted by Gasteiger charge is 2.68. The number of aromatic nitrogens is 1. The zero-order chi connectivity index (χ0) is 18.1. The van der Waals surface area contributed by atoms with Crippen molar-refractivity contribution in [2.24, 2.45) is 17.8 Å². The molecule has 0 radical (unpaired) electrons. The fourth-order valence-corrected chi connectivity index (χ4v) is 4.44. The van der Waals surface area contributed by atoms with Gasteiger partial charge in [-0.1, -0.05) is 6.92 Å². The summed E-state index contributed by atoms with van der Waals surface area (Å²) in [6.07, 6.45) is 0.211. The molecule has 3 aliphatic rings. The normalized spacial score (nSPS) is 39.5. The monoisotopic (exact) mass is 345 g/mol. The van der Waals surface area contributed by atoms with Crippen LogP contribution in [-0.2, 0) is 14.3 Å². The number of carbonyl (C=O) groups excluding carboxylic acids is 2. The van der Waals surface area contributed by atoms with E-state index in [0.717, 1.165) is 17.2 Å². The summed E-state index contributed by atoms with van der Waals surface area (Å²) < 4.78 is 19.8. The van der Waals surface area contributed by atoms with Crippen LogP contribution in [0.3, 0.4) is 0 Å². The summed E-state index contributed by atoms with van der Waals surface area (Å²) in [6, 6.07) is 2.57. The Morgan fingerprint density at radius 1 is 1.48 bits per heavy atom. The molecular weight excluding hydrogens is 329 g/mol. The number of aliphatic hydroxyl groups is 1. The van der Waals surface area contributed by atoms with Gasteiger partial charge in [-0.2, -0.15) is 5.26 Å². The third kappa shape index (κ3) is 2.00. The number of rotatable bonds is 1. The number of hydrogen-bond donors (Lipinski definition) is 1. The van der Waals surface area contributed by atoms with Crippen molar-refractivity contribution in [3.63, 3.8) is 0 Å². The number of ether oxygens (including phenoxy) is 1. The fourth-order valence-electron chi connectivity index (χ4n) is 4.44. The average Bonchev–Trinajstić information content (AvgIpc) is 2.97. The second-order valence-corrected chi connectivity index (χ2v) is 7.18. The van der Waals surface area contributed by atoms with Crippen molar-refractivity contribution < 1.29 is 23.8 Å². The Balaban J connectivity index is 1.76. The molecule has 4 heterocycles. The molecule has 3 saturated heterocycles. The minimum absolute atomic E-state index is 0.00998. The molecule has 1 aromatic heterocycles. The van der Waals surface area contributed by atoms with Crippen molar-refractivity contribution in [1.82, 2.24) is 4.98 Å². The molecule has 7 nitrogen and oxygen atoms in total. The lowest BCUT2D eigenvalue weighted by molar-refractivity contribution is -0.159. The summed E-state index contributed by atoms with van der Waals surface area (Å²) in [6.45, 7) is 3.52. The lowest BCUT2D eigenvalue weighted by atomic mass is 9.82. The molecule has 0 aromatic carbocycles. The predicted octanol–water partition coefficient (Wildman–Crippen LogP) is 0.756. The van der Waals surface area contributed by atoms with Gasteiger partial charge in [0.15, 0.2) is 11.5 Å². The third-order valence-corrected chi connectivity index (χ3v) is 5.70. The summed E-state index contributed by atoms with van der Waals surface area (Å²) in [5.74, 6) is -3.55. The van der Waals surface area contributed by atoms with E-state index in [9.17, 15) is 19.1 Å². The van der Waals surface area contributed by atoms with E-state index in [4.69, 9.17) is 10.00 Å². The number of imide groups is 1. The lowest BCUT2D eigenvalue weighted by Crippen LogP contribution is -2.49. The van der Waals surface area contributed by atoms with Gasteiger partial charge < -0.3 is 9.84 Å². The van der Waals surface area contributed by atoms with Crippen LogP contribution in [-0.4, -0.2) is 39.7 Å². The van der Waals surface area contributed by atoms with Crippen LogP contribution in [0.2, 0.25) is 0 Å². The molecule has 2 bridgehead atoms. The van der Waals surface area contributed by atoms with E-state index >= 15 is 0 Å². The van der Waals surface area contributed by atoms with Gasteiger partial charge in [0.2, 0.25) is 11.8 Å². The Kier molecular flexibility index (Phi) is 3.27. The Bertz CT molecular complexity index is 838. The Labute approximate surface area is 143 Å². The zero-order valence-electron chi connectivity index (χ0n) is 13.6. The minimum Gasteiger partial charge on any atom is -0.393 e. The predicted molar refractivity (Wildman–Crippen MR) is 81.4 cm³/mol. The molecular formula is C17H16FN3O4. The zero-order valence-corrected chi connectivity index (χ0v) is 13.6. The van der Waals surface area contributed by atoms with Gasteiger partial charge in [-0.15, -0.1) is 0 Å². The van der Waals surface area contributed by atoms with Crippen molar-refractivity contribution >= 4 is 17.5 Å². The quantitative estimate of drug-likeness (QED) is 0.754. The number of anilines is 1. The standard InChI is InChI=1S/C17H16FN3O4/c1-7-11(22)4-17(2)13-12(14(7)25-17)15(23)21(16(13)24)8-3-9(18)10(5-19)20-6-8/h3,6-7,11-14,22H,4H2,1-2H3/t7?,11-,12+,13?,14?,17?/m0/s1. The summed E-state index contributed by atoms with van der Waals surface area (Å²) in [7, 11) is 0. The number of pyridine rings is 1. The summed E-state index contributed by atoms with van der Waals surface area (Å²) in [5, 5.41) is 19.0. The van der Waals surface area contributed by atoms with Gasteiger partial charge >= 0.3 is 0 Å². The molecule has 2 amide bonds. The number of nitriles is 1. The second kappa shape index (κ2) is 5.07. The molecule has 130 valence electrons. The maximum Gasteiger partial charge on any atom is 0.240 e. The largest absolute Gasteiger partial charge is 0.393 e. The van der Waals surface area contributed by atoms with Gasteiger partial charge in [0.05, 0.1) is 41.5 Å². The van der Waals surface area contributed by atoms with E-state index < -0.39 is 53.0 Å². The highest BCUT2D eigenvalue weighted by Crippen LogP contribution is 2.55. The van der Waals surface area contributed by atoms with Crippen molar-refractivity contribution in [2.75, 3.05) is 4.90 Å². The molecule has 4 unspecified atom stereocenters. The molecule has 3 aliphatic heterocycles. The molecule has 4 rings (SSSR count). The first kappa shape index (κ1) is 16.1. The summed E-state index contributed by atoms with van der Waals surface area (Å²) in [5.41, 5.74) is -1.32. The van der Waals surface area contributed by atoms with Gasteiger partial charge in [0.25, 0.3) is 0 Å². The number of nitrogens with zero attached hydrogens (tertiary/aromatic N) is 3. The first-order valence-electron chi connectivity index (χ1n) is 8.08. The van der Waals surface area contributed by atoms with Gasteiger partial charge in [0, 0.05) is 18.4 Å². The molecule has 1 aromatic rings. The van der Waals surface area contributed by atoms with Crippen LogP contribution in [0.15, 0.2) is 12.3 Å². The molecule has 3 fully saturated rings. The van der Waals surface area contributed by atoms with Crippen molar-refractivity contribution in [3.8, 4) is 6.07 Å². The average molecular weight is 345 g/mol. The van der Waals surface area contributed by atoms with Crippen LogP contribution in [0.1, 0.15) is 26.0 Å². The highest BCUT2D eigenvalue weighted by atomic mass is 19.1. The van der Waals surface area contributed by atoms with E-state index in [2.05, 4.69) is 4.98 Å². The van der Waals surface area contributed by atoms with Crippen LogP contribution in [0, 0.1) is 34.9 Å². The lowest BCUT2D eigenvalue weighted by Gasteiger charge is -2.39. The summed E-state index contributed by atoms with van der Waals surface area (Å²) >= 11 is 0. The third-order valence-electron chi connectivity index (χ3n) is 5.70. The highest BCUT2D eigenvalue weighted by molar-refractivity contribution is 6.22. The van der Waals surface area contributed by atoms with Crippen molar-refractivity contribution in [1.29, 1.82) is 5.26 Å². The van der Waals surface area contributed by atoms with Gasteiger partial charge in [0.1, 0.15) is 6.07 Å². The van der Waals surface area contributed by atoms with Crippen LogP contribution in [0.5, 0.6) is 0 Å². The number of halogens is 1. The van der Waals surface area contributed by atoms with Gasteiger partial charge in [-0.25, -0.2) is 14.3 Å². The smallest absolute Gasteiger partial charge is 0.240 e. The maximum atomic E-state index is 13.9. The summed E-state index contributed by atoms with van der Waals surface area (Å²) in [4.78, 5) is 30.5. The van der Waals surface area contributed by atoms with Crippen molar-refractivity contribution in [3.05, 3.63) is 23.8 Å². The number of amides is 2. The topological polar surface area (TPSA) is 104 Å². The Hall–Kier alpha value is -2.37. The molecule has 6 atom stereocenters. The first-order chi connectivity index (χ1) is 11.8. The van der Waals surface area contributed by atoms with Crippen molar-refractivity contribution in [2.45, 2.75) is 38.1 Å². The van der Waals surface area contributed by atoms with Crippen LogP contribution in [0.4, 0.5) is 10.1 Å². The van der Waals surface area contributed by atoms with Gasteiger partial charge in [-0.3, -0.25) is 9.59 Å². The molecule has 0 aliphatic carbocycles.